The largest absolute Gasteiger partial charge is 0.283 e. The molecule has 1 unspecified atom stereocenters. The van der Waals surface area contributed by atoms with Crippen LogP contribution in [-0.2, 0) is 0 Å². The van der Waals surface area contributed by atoms with Gasteiger partial charge in [0.05, 0.1) is 0 Å². The van der Waals surface area contributed by atoms with Crippen molar-refractivity contribution in [2.45, 2.75) is 12.7 Å². The van der Waals surface area contributed by atoms with Crippen LogP contribution in [0, 0.1) is 7.05 Å². The topological polar surface area (TPSA) is 36.4 Å². The standard InChI is InChI=1S/C5H10N3/c1-6-5-7-3-2-4-8-5/h3,5-6,8H,1-2,4H2. The van der Waals surface area contributed by atoms with Gasteiger partial charge >= 0.3 is 0 Å². The summed E-state index contributed by atoms with van der Waals surface area (Å²) in [5, 5.41) is 5.84. The van der Waals surface area contributed by atoms with E-state index in [-0.39, 0.29) is 6.29 Å². The molecule has 0 bridgehead atoms. The molecular weight excluding hydrogens is 102 g/mol. The van der Waals surface area contributed by atoms with Gasteiger partial charge in [-0.05, 0) is 6.42 Å². The molecule has 0 aliphatic carbocycles. The van der Waals surface area contributed by atoms with Gasteiger partial charge in [-0.25, -0.2) is 0 Å². The first kappa shape index (κ1) is 5.72. The second-order valence-corrected chi connectivity index (χ2v) is 1.68. The smallest absolute Gasteiger partial charge is 0.153 e. The summed E-state index contributed by atoms with van der Waals surface area (Å²) in [6.07, 6.45) is 2.97. The third-order valence-electron chi connectivity index (χ3n) is 1.06. The van der Waals surface area contributed by atoms with Gasteiger partial charge in [-0.3, -0.25) is 15.6 Å². The molecule has 0 aromatic heterocycles. The van der Waals surface area contributed by atoms with Gasteiger partial charge in [0, 0.05) is 19.8 Å². The Morgan fingerprint density at radius 2 is 2.75 bits per heavy atom. The van der Waals surface area contributed by atoms with Crippen molar-refractivity contribution in [2.24, 2.45) is 4.99 Å². The Bertz CT molecular complexity index is 89.7. The highest BCUT2D eigenvalue weighted by Gasteiger charge is 2.01. The van der Waals surface area contributed by atoms with Gasteiger partial charge in [0.2, 0.25) is 0 Å². The SMILES string of the molecule is [CH2]NC1N=CCCN1. The van der Waals surface area contributed by atoms with Crippen molar-refractivity contribution in [3.05, 3.63) is 7.05 Å². The van der Waals surface area contributed by atoms with Crippen LogP contribution in [0.25, 0.3) is 0 Å². The van der Waals surface area contributed by atoms with E-state index in [0.29, 0.717) is 0 Å². The van der Waals surface area contributed by atoms with Crippen LogP contribution in [0.15, 0.2) is 4.99 Å². The molecule has 0 amide bonds. The van der Waals surface area contributed by atoms with Gasteiger partial charge in [-0.15, -0.1) is 0 Å². The Morgan fingerprint density at radius 3 is 3.12 bits per heavy atom. The Balaban J connectivity index is 2.32. The van der Waals surface area contributed by atoms with Gasteiger partial charge in [-0.2, -0.15) is 0 Å². The van der Waals surface area contributed by atoms with E-state index in [1.54, 1.807) is 0 Å². The summed E-state index contributed by atoms with van der Waals surface area (Å²) in [5.41, 5.74) is 0. The van der Waals surface area contributed by atoms with Crippen LogP contribution < -0.4 is 10.6 Å². The Labute approximate surface area is 49.2 Å². The third kappa shape index (κ3) is 1.28. The third-order valence-corrected chi connectivity index (χ3v) is 1.06. The zero-order valence-electron chi connectivity index (χ0n) is 4.72. The maximum atomic E-state index is 4.04. The van der Waals surface area contributed by atoms with Crippen LogP contribution in [0.4, 0.5) is 0 Å². The van der Waals surface area contributed by atoms with Crippen molar-refractivity contribution in [3.8, 4) is 0 Å². The van der Waals surface area contributed by atoms with Gasteiger partial charge < -0.3 is 0 Å². The maximum absolute atomic E-state index is 4.04. The number of rotatable bonds is 1. The van der Waals surface area contributed by atoms with Crippen molar-refractivity contribution in [3.63, 3.8) is 0 Å². The molecule has 0 saturated carbocycles. The fourth-order valence-corrected chi connectivity index (χ4v) is 0.642. The van der Waals surface area contributed by atoms with Gasteiger partial charge in [0.1, 0.15) is 0 Å². The van der Waals surface area contributed by atoms with Crippen LogP contribution in [0.3, 0.4) is 0 Å². The van der Waals surface area contributed by atoms with Crippen LogP contribution >= 0.6 is 0 Å². The first-order valence-corrected chi connectivity index (χ1v) is 2.71. The quantitative estimate of drug-likeness (QED) is 0.489. The summed E-state index contributed by atoms with van der Waals surface area (Å²) < 4.78 is 0. The molecular formula is C5H10N3. The van der Waals surface area contributed by atoms with E-state index in [4.69, 9.17) is 0 Å². The minimum atomic E-state index is 0.0451. The first-order chi connectivity index (χ1) is 3.93. The number of nitrogens with one attached hydrogen (secondary N) is 2. The molecule has 1 aliphatic rings. The number of nitrogens with zero attached hydrogens (tertiary/aromatic N) is 1. The van der Waals surface area contributed by atoms with E-state index >= 15 is 0 Å². The summed E-state index contributed by atoms with van der Waals surface area (Å²) in [4.78, 5) is 4.04. The lowest BCUT2D eigenvalue weighted by molar-refractivity contribution is 0.481. The molecule has 1 aliphatic heterocycles. The number of hydrogen-bond donors (Lipinski definition) is 2. The zero-order chi connectivity index (χ0) is 5.82. The monoisotopic (exact) mass is 112 g/mol. The molecule has 1 radical (unpaired) electrons. The molecule has 0 saturated heterocycles. The molecule has 0 aromatic carbocycles. The minimum Gasteiger partial charge on any atom is -0.283 e. The first-order valence-electron chi connectivity index (χ1n) is 2.71. The predicted octanol–water partition coefficient (Wildman–Crippen LogP) is -0.285. The number of hydrogen-bond acceptors (Lipinski definition) is 3. The molecule has 45 valence electrons. The van der Waals surface area contributed by atoms with Crippen LogP contribution in [0.1, 0.15) is 6.42 Å². The fourth-order valence-electron chi connectivity index (χ4n) is 0.642. The molecule has 0 aromatic rings. The van der Waals surface area contributed by atoms with Gasteiger partial charge in [0.25, 0.3) is 0 Å². The maximum Gasteiger partial charge on any atom is 0.153 e. The molecule has 2 N–H and O–H groups in total. The molecule has 0 fully saturated rings. The summed E-state index contributed by atoms with van der Waals surface area (Å²) in [6.45, 7) is 0.997. The van der Waals surface area contributed by atoms with E-state index in [1.165, 1.54) is 0 Å². The van der Waals surface area contributed by atoms with Gasteiger partial charge in [0.15, 0.2) is 6.29 Å². The second-order valence-electron chi connectivity index (χ2n) is 1.68. The molecule has 0 spiro atoms. The van der Waals surface area contributed by atoms with E-state index in [1.807, 2.05) is 6.21 Å². The average molecular weight is 112 g/mol. The molecule has 3 heteroatoms. The van der Waals surface area contributed by atoms with E-state index in [0.717, 1.165) is 13.0 Å². The average Bonchev–Trinajstić information content (AvgIpc) is 1.90. The van der Waals surface area contributed by atoms with Gasteiger partial charge in [-0.1, -0.05) is 0 Å². The molecule has 1 rings (SSSR count). The van der Waals surface area contributed by atoms with E-state index in [9.17, 15) is 0 Å². The van der Waals surface area contributed by atoms with E-state index < -0.39 is 0 Å². The van der Waals surface area contributed by atoms with Crippen molar-refractivity contribution in [1.82, 2.24) is 10.6 Å². The molecule has 1 heterocycles. The number of aliphatic imine (C=N–C) groups is 1. The Hall–Kier alpha value is -0.410. The lowest BCUT2D eigenvalue weighted by Gasteiger charge is -2.15. The van der Waals surface area contributed by atoms with Crippen molar-refractivity contribution < 1.29 is 0 Å². The molecule has 8 heavy (non-hydrogen) atoms. The summed E-state index contributed by atoms with van der Waals surface area (Å²) in [7, 11) is 3.48. The predicted molar refractivity (Wildman–Crippen MR) is 33.4 cm³/mol. The molecule has 3 nitrogen and oxygen atoms in total. The lowest BCUT2D eigenvalue weighted by atomic mass is 10.4. The van der Waals surface area contributed by atoms with Crippen LogP contribution in [-0.4, -0.2) is 19.0 Å². The highest BCUT2D eigenvalue weighted by molar-refractivity contribution is 5.58. The normalized spacial score (nSPS) is 28.4. The Morgan fingerprint density at radius 1 is 1.88 bits per heavy atom. The van der Waals surface area contributed by atoms with Crippen molar-refractivity contribution in [1.29, 1.82) is 0 Å². The van der Waals surface area contributed by atoms with Crippen molar-refractivity contribution >= 4 is 6.21 Å². The fraction of sp³-hybridized carbons (Fsp3) is 0.600. The molecule has 1 atom stereocenters. The van der Waals surface area contributed by atoms with Crippen molar-refractivity contribution in [2.75, 3.05) is 6.54 Å². The highest BCUT2D eigenvalue weighted by Crippen LogP contribution is 1.86. The van der Waals surface area contributed by atoms with Crippen LogP contribution in [0.5, 0.6) is 0 Å². The summed E-state index contributed by atoms with van der Waals surface area (Å²) in [6, 6.07) is 0. The minimum absolute atomic E-state index is 0.0451. The summed E-state index contributed by atoms with van der Waals surface area (Å²) >= 11 is 0. The summed E-state index contributed by atoms with van der Waals surface area (Å²) in [5.74, 6) is 0. The van der Waals surface area contributed by atoms with Crippen LogP contribution in [0.2, 0.25) is 0 Å². The highest BCUT2D eigenvalue weighted by atomic mass is 15.2. The lowest BCUT2D eigenvalue weighted by Crippen LogP contribution is -2.40. The Kier molecular flexibility index (Phi) is 2.00. The zero-order valence-corrected chi connectivity index (χ0v) is 4.72. The van der Waals surface area contributed by atoms with E-state index in [2.05, 4.69) is 22.7 Å². The second kappa shape index (κ2) is 2.79.